The second-order valence-corrected chi connectivity index (χ2v) is 4.78. The van der Waals surface area contributed by atoms with Crippen LogP contribution in [0.3, 0.4) is 0 Å². The monoisotopic (exact) mass is 211 g/mol. The Bertz CT molecular complexity index is 224. The average Bonchev–Trinajstić information content (AvgIpc) is 2.77. The Morgan fingerprint density at radius 2 is 1.93 bits per heavy atom. The van der Waals surface area contributed by atoms with Gasteiger partial charge in [-0.1, -0.05) is 19.3 Å². The number of likely N-dealkylation sites (N-methyl/N-ethyl adjacent to an activating group) is 1. The van der Waals surface area contributed by atoms with E-state index in [1.807, 2.05) is 7.05 Å². The Balaban J connectivity index is 1.93. The molecule has 0 radical (unpaired) electrons. The molecule has 0 aromatic carbocycles. The molecular formula is C12H21NO2. The van der Waals surface area contributed by atoms with Crippen LogP contribution in [0.5, 0.6) is 0 Å². The van der Waals surface area contributed by atoms with E-state index >= 15 is 0 Å². The molecule has 1 aliphatic carbocycles. The molecule has 15 heavy (non-hydrogen) atoms. The first-order valence-corrected chi connectivity index (χ1v) is 6.11. The third-order valence-corrected chi connectivity index (χ3v) is 3.82. The summed E-state index contributed by atoms with van der Waals surface area (Å²) in [7, 11) is 1.92. The van der Waals surface area contributed by atoms with E-state index in [0.29, 0.717) is 24.9 Å². The van der Waals surface area contributed by atoms with Crippen molar-refractivity contribution >= 4 is 5.78 Å². The van der Waals surface area contributed by atoms with Crippen molar-refractivity contribution in [3.63, 3.8) is 0 Å². The van der Waals surface area contributed by atoms with Crippen LogP contribution in [0.15, 0.2) is 0 Å². The van der Waals surface area contributed by atoms with Crippen molar-refractivity contribution in [1.29, 1.82) is 0 Å². The van der Waals surface area contributed by atoms with Crippen LogP contribution in [0.4, 0.5) is 0 Å². The van der Waals surface area contributed by atoms with Gasteiger partial charge in [0.15, 0.2) is 0 Å². The van der Waals surface area contributed by atoms with Gasteiger partial charge in [-0.25, -0.2) is 0 Å². The highest BCUT2D eigenvalue weighted by atomic mass is 16.5. The number of rotatable bonds is 3. The highest BCUT2D eigenvalue weighted by Gasteiger charge is 2.36. The number of ketones is 1. The molecule has 1 N–H and O–H groups in total. The van der Waals surface area contributed by atoms with Gasteiger partial charge in [0.25, 0.3) is 0 Å². The molecule has 0 aromatic heterocycles. The largest absolute Gasteiger partial charge is 0.379 e. The second kappa shape index (κ2) is 5.08. The van der Waals surface area contributed by atoms with Gasteiger partial charge in [0.05, 0.1) is 19.1 Å². The molecule has 1 heterocycles. The zero-order valence-electron chi connectivity index (χ0n) is 9.50. The maximum absolute atomic E-state index is 12.2. The minimum atomic E-state index is 0.109. The van der Waals surface area contributed by atoms with Gasteiger partial charge in [-0.05, 0) is 19.9 Å². The van der Waals surface area contributed by atoms with Gasteiger partial charge in [0.1, 0.15) is 5.78 Å². The third-order valence-electron chi connectivity index (χ3n) is 3.82. The third kappa shape index (κ3) is 2.40. The topological polar surface area (TPSA) is 38.3 Å². The SMILES string of the molecule is CNC1COCC1C(=O)C1CCCCC1. The lowest BCUT2D eigenvalue weighted by Crippen LogP contribution is -2.39. The van der Waals surface area contributed by atoms with E-state index in [0.717, 1.165) is 12.8 Å². The lowest BCUT2D eigenvalue weighted by molar-refractivity contribution is -0.128. The van der Waals surface area contributed by atoms with Gasteiger partial charge in [-0.15, -0.1) is 0 Å². The zero-order valence-corrected chi connectivity index (χ0v) is 9.50. The number of ether oxygens (including phenoxy) is 1. The van der Waals surface area contributed by atoms with E-state index in [9.17, 15) is 4.79 Å². The number of Topliss-reactive ketones (excluding diaryl/α,β-unsaturated/α-hetero) is 1. The standard InChI is InChI=1S/C12H21NO2/c1-13-11-8-15-7-10(11)12(14)9-5-3-2-4-6-9/h9-11,13H,2-8H2,1H3. The molecule has 0 aromatic rings. The number of hydrogen-bond donors (Lipinski definition) is 1. The van der Waals surface area contributed by atoms with Gasteiger partial charge >= 0.3 is 0 Å². The molecular weight excluding hydrogens is 190 g/mol. The second-order valence-electron chi connectivity index (χ2n) is 4.78. The van der Waals surface area contributed by atoms with Gasteiger partial charge in [0, 0.05) is 12.0 Å². The van der Waals surface area contributed by atoms with Crippen molar-refractivity contribution in [3.8, 4) is 0 Å². The molecule has 0 bridgehead atoms. The van der Waals surface area contributed by atoms with Crippen LogP contribution in [-0.4, -0.2) is 32.1 Å². The number of nitrogens with one attached hydrogen (secondary N) is 1. The molecule has 2 rings (SSSR count). The summed E-state index contributed by atoms with van der Waals surface area (Å²) in [5.74, 6) is 0.881. The van der Waals surface area contributed by atoms with Crippen molar-refractivity contribution in [2.45, 2.75) is 38.1 Å². The van der Waals surface area contributed by atoms with E-state index in [4.69, 9.17) is 4.74 Å². The van der Waals surface area contributed by atoms with Crippen LogP contribution in [0.25, 0.3) is 0 Å². The Kier molecular flexibility index (Phi) is 3.76. The lowest BCUT2D eigenvalue weighted by Gasteiger charge is -2.25. The van der Waals surface area contributed by atoms with Crippen molar-refractivity contribution < 1.29 is 9.53 Å². The van der Waals surface area contributed by atoms with E-state index in [1.54, 1.807) is 0 Å². The lowest BCUT2D eigenvalue weighted by atomic mass is 9.80. The quantitative estimate of drug-likeness (QED) is 0.766. The molecule has 0 amide bonds. The smallest absolute Gasteiger partial charge is 0.142 e. The number of carbonyl (C=O) groups is 1. The molecule has 3 nitrogen and oxygen atoms in total. The molecule has 2 fully saturated rings. The fraction of sp³-hybridized carbons (Fsp3) is 0.917. The molecule has 1 saturated carbocycles. The van der Waals surface area contributed by atoms with Crippen molar-refractivity contribution in [2.75, 3.05) is 20.3 Å². The van der Waals surface area contributed by atoms with E-state index in [-0.39, 0.29) is 12.0 Å². The first kappa shape index (κ1) is 11.1. The van der Waals surface area contributed by atoms with Crippen LogP contribution in [0.2, 0.25) is 0 Å². The zero-order chi connectivity index (χ0) is 10.7. The van der Waals surface area contributed by atoms with Crippen LogP contribution < -0.4 is 5.32 Å². The van der Waals surface area contributed by atoms with E-state index in [2.05, 4.69) is 5.32 Å². The highest BCUT2D eigenvalue weighted by molar-refractivity contribution is 5.84. The van der Waals surface area contributed by atoms with Gasteiger partial charge < -0.3 is 10.1 Å². The highest BCUT2D eigenvalue weighted by Crippen LogP contribution is 2.29. The molecule has 86 valence electrons. The summed E-state index contributed by atoms with van der Waals surface area (Å²) in [6, 6.07) is 0.249. The van der Waals surface area contributed by atoms with Crippen LogP contribution in [0, 0.1) is 11.8 Å². The Labute approximate surface area is 91.6 Å². The first-order chi connectivity index (χ1) is 7.33. The summed E-state index contributed by atoms with van der Waals surface area (Å²) in [6.07, 6.45) is 5.97. The number of carbonyl (C=O) groups excluding carboxylic acids is 1. The van der Waals surface area contributed by atoms with E-state index in [1.165, 1.54) is 19.3 Å². The predicted octanol–water partition coefficient (Wildman–Crippen LogP) is 1.37. The van der Waals surface area contributed by atoms with Crippen molar-refractivity contribution in [2.24, 2.45) is 11.8 Å². The van der Waals surface area contributed by atoms with Crippen LogP contribution in [0.1, 0.15) is 32.1 Å². The summed E-state index contributed by atoms with van der Waals surface area (Å²) in [5.41, 5.74) is 0. The van der Waals surface area contributed by atoms with Gasteiger partial charge in [-0.3, -0.25) is 4.79 Å². The molecule has 2 atom stereocenters. The van der Waals surface area contributed by atoms with Crippen LogP contribution >= 0.6 is 0 Å². The molecule has 2 unspecified atom stereocenters. The summed E-state index contributed by atoms with van der Waals surface area (Å²) in [6.45, 7) is 1.32. The molecule has 1 aliphatic heterocycles. The minimum Gasteiger partial charge on any atom is -0.379 e. The summed E-state index contributed by atoms with van der Waals surface area (Å²) >= 11 is 0. The Morgan fingerprint density at radius 1 is 1.20 bits per heavy atom. The maximum atomic E-state index is 12.2. The van der Waals surface area contributed by atoms with Gasteiger partial charge in [0.2, 0.25) is 0 Å². The fourth-order valence-corrected chi connectivity index (χ4v) is 2.81. The molecule has 3 heteroatoms. The van der Waals surface area contributed by atoms with Crippen LogP contribution in [-0.2, 0) is 9.53 Å². The minimum absolute atomic E-state index is 0.109. The predicted molar refractivity (Wildman–Crippen MR) is 58.7 cm³/mol. The molecule has 0 spiro atoms. The summed E-state index contributed by atoms with van der Waals surface area (Å²) < 4.78 is 5.39. The molecule has 1 saturated heterocycles. The Hall–Kier alpha value is -0.410. The van der Waals surface area contributed by atoms with Crippen molar-refractivity contribution in [1.82, 2.24) is 5.32 Å². The molecule has 2 aliphatic rings. The average molecular weight is 211 g/mol. The summed E-state index contributed by atoms with van der Waals surface area (Å²) in [5, 5.41) is 3.19. The maximum Gasteiger partial charge on any atom is 0.142 e. The van der Waals surface area contributed by atoms with Crippen molar-refractivity contribution in [3.05, 3.63) is 0 Å². The fourth-order valence-electron chi connectivity index (χ4n) is 2.81. The summed E-state index contributed by atoms with van der Waals surface area (Å²) in [4.78, 5) is 12.2. The Morgan fingerprint density at radius 3 is 2.60 bits per heavy atom. The van der Waals surface area contributed by atoms with Gasteiger partial charge in [-0.2, -0.15) is 0 Å². The number of hydrogen-bond acceptors (Lipinski definition) is 3. The normalized spacial score (nSPS) is 33.1. The first-order valence-electron chi connectivity index (χ1n) is 6.11. The van der Waals surface area contributed by atoms with E-state index < -0.39 is 0 Å².